The van der Waals surface area contributed by atoms with Gasteiger partial charge in [-0.25, -0.2) is 0 Å². The van der Waals surface area contributed by atoms with Crippen LogP contribution in [0.1, 0.15) is 18.5 Å². The summed E-state index contributed by atoms with van der Waals surface area (Å²) in [7, 11) is 1.80. The van der Waals surface area contributed by atoms with E-state index < -0.39 is 0 Å². The first kappa shape index (κ1) is 15.9. The van der Waals surface area contributed by atoms with E-state index in [0.29, 0.717) is 13.0 Å². The number of aromatic nitrogens is 1. The molecule has 23 heavy (non-hydrogen) atoms. The maximum Gasteiger partial charge on any atom is 0.226 e. The summed E-state index contributed by atoms with van der Waals surface area (Å²) in [6.45, 7) is 4.73. The molecule has 0 spiro atoms. The Kier molecular flexibility index (Phi) is 4.91. The Balaban J connectivity index is 1.49. The van der Waals surface area contributed by atoms with Crippen LogP contribution >= 0.6 is 0 Å². The number of pyridine rings is 1. The van der Waals surface area contributed by atoms with E-state index in [1.807, 2.05) is 29.3 Å². The lowest BCUT2D eigenvalue weighted by Gasteiger charge is -2.37. The maximum atomic E-state index is 12.6. The molecule has 2 fully saturated rings. The third-order valence-corrected chi connectivity index (χ3v) is 4.80. The van der Waals surface area contributed by atoms with Crippen molar-refractivity contribution in [2.75, 3.05) is 39.8 Å². The van der Waals surface area contributed by atoms with Gasteiger partial charge in [0, 0.05) is 64.9 Å². The molecule has 6 heteroatoms. The molecule has 0 saturated carbocycles. The fourth-order valence-electron chi connectivity index (χ4n) is 3.26. The number of hydrogen-bond acceptors (Lipinski definition) is 4. The topological polar surface area (TPSA) is 56.8 Å². The number of amides is 2. The molecule has 0 aliphatic carbocycles. The summed E-state index contributed by atoms with van der Waals surface area (Å²) in [6, 6.07) is 5.95. The molecule has 0 bridgehead atoms. The van der Waals surface area contributed by atoms with Crippen molar-refractivity contribution in [3.05, 3.63) is 30.1 Å². The number of carbonyl (C=O) groups is 2. The van der Waals surface area contributed by atoms with E-state index in [1.54, 1.807) is 11.9 Å². The van der Waals surface area contributed by atoms with Crippen LogP contribution in [0.3, 0.4) is 0 Å². The minimum absolute atomic E-state index is 0.0865. The van der Waals surface area contributed by atoms with Gasteiger partial charge in [0.1, 0.15) is 0 Å². The van der Waals surface area contributed by atoms with Crippen molar-refractivity contribution in [3.63, 3.8) is 0 Å². The van der Waals surface area contributed by atoms with Gasteiger partial charge in [0.25, 0.3) is 0 Å². The summed E-state index contributed by atoms with van der Waals surface area (Å²) in [5, 5.41) is 0. The lowest BCUT2D eigenvalue weighted by molar-refractivity contribution is -0.145. The molecule has 2 aliphatic heterocycles. The normalized spacial score (nSPS) is 23.2. The van der Waals surface area contributed by atoms with Crippen LogP contribution in [0.5, 0.6) is 0 Å². The van der Waals surface area contributed by atoms with Crippen molar-refractivity contribution in [1.29, 1.82) is 0 Å². The van der Waals surface area contributed by atoms with Gasteiger partial charge in [-0.2, -0.15) is 0 Å². The molecule has 0 unspecified atom stereocenters. The fraction of sp³-hybridized carbons (Fsp3) is 0.588. The van der Waals surface area contributed by atoms with Gasteiger partial charge in [-0.1, -0.05) is 6.07 Å². The molecule has 3 rings (SSSR count). The predicted octanol–water partition coefficient (Wildman–Crippen LogP) is 0.594. The SMILES string of the molecule is CN1CC[C@@H](C(=O)N2CCN(Cc3ccccn3)CC2)CC1=O. The third kappa shape index (κ3) is 3.88. The van der Waals surface area contributed by atoms with Gasteiger partial charge in [-0.15, -0.1) is 0 Å². The quantitative estimate of drug-likeness (QED) is 0.819. The molecule has 1 aromatic heterocycles. The van der Waals surface area contributed by atoms with Crippen molar-refractivity contribution in [1.82, 2.24) is 19.7 Å². The lowest BCUT2D eigenvalue weighted by atomic mass is 9.94. The molecule has 0 N–H and O–H groups in total. The van der Waals surface area contributed by atoms with Gasteiger partial charge in [0.2, 0.25) is 11.8 Å². The molecule has 1 atom stereocenters. The molecular formula is C17H24N4O2. The Hall–Kier alpha value is -1.95. The third-order valence-electron chi connectivity index (χ3n) is 4.80. The second-order valence-electron chi connectivity index (χ2n) is 6.43. The van der Waals surface area contributed by atoms with E-state index in [1.165, 1.54) is 0 Å². The smallest absolute Gasteiger partial charge is 0.226 e. The minimum atomic E-state index is -0.124. The molecule has 1 aromatic rings. The van der Waals surface area contributed by atoms with Crippen LogP contribution in [0.2, 0.25) is 0 Å². The van der Waals surface area contributed by atoms with Crippen LogP contribution in [0.15, 0.2) is 24.4 Å². The van der Waals surface area contributed by atoms with Crippen molar-refractivity contribution in [2.24, 2.45) is 5.92 Å². The highest BCUT2D eigenvalue weighted by Crippen LogP contribution is 2.20. The van der Waals surface area contributed by atoms with Crippen LogP contribution in [-0.2, 0) is 16.1 Å². The Morgan fingerprint density at radius 2 is 2.00 bits per heavy atom. The molecule has 0 aromatic carbocycles. The van der Waals surface area contributed by atoms with Crippen LogP contribution in [-0.4, -0.2) is 71.3 Å². The average molecular weight is 316 g/mol. The van der Waals surface area contributed by atoms with E-state index >= 15 is 0 Å². The first-order chi connectivity index (χ1) is 11.1. The number of carbonyl (C=O) groups excluding carboxylic acids is 2. The summed E-state index contributed by atoms with van der Waals surface area (Å²) in [6.07, 6.45) is 2.96. The molecule has 2 saturated heterocycles. The molecule has 2 aliphatic rings. The van der Waals surface area contributed by atoms with E-state index in [2.05, 4.69) is 9.88 Å². The van der Waals surface area contributed by atoms with Crippen LogP contribution < -0.4 is 0 Å². The summed E-state index contributed by atoms with van der Waals surface area (Å²) in [5.41, 5.74) is 1.06. The predicted molar refractivity (Wildman–Crippen MR) is 86.5 cm³/mol. The summed E-state index contributed by atoms with van der Waals surface area (Å²) in [4.78, 5) is 34.7. The summed E-state index contributed by atoms with van der Waals surface area (Å²) < 4.78 is 0. The zero-order chi connectivity index (χ0) is 16.2. The van der Waals surface area contributed by atoms with Crippen molar-refractivity contribution in [2.45, 2.75) is 19.4 Å². The largest absolute Gasteiger partial charge is 0.346 e. The maximum absolute atomic E-state index is 12.6. The highest BCUT2D eigenvalue weighted by atomic mass is 16.2. The van der Waals surface area contributed by atoms with Crippen LogP contribution in [0, 0.1) is 5.92 Å². The Labute approximate surface area is 137 Å². The van der Waals surface area contributed by atoms with Gasteiger partial charge in [-0.3, -0.25) is 19.5 Å². The Morgan fingerprint density at radius 1 is 1.22 bits per heavy atom. The highest BCUT2D eigenvalue weighted by molar-refractivity contribution is 5.87. The number of piperazine rings is 1. The lowest BCUT2D eigenvalue weighted by Crippen LogP contribution is -2.51. The first-order valence-corrected chi connectivity index (χ1v) is 8.28. The second-order valence-corrected chi connectivity index (χ2v) is 6.43. The van der Waals surface area contributed by atoms with Gasteiger partial charge in [-0.05, 0) is 18.6 Å². The number of piperidine rings is 1. The number of nitrogens with zero attached hydrogens (tertiary/aromatic N) is 4. The second kappa shape index (κ2) is 7.08. The zero-order valence-electron chi connectivity index (χ0n) is 13.6. The van der Waals surface area contributed by atoms with Crippen LogP contribution in [0.4, 0.5) is 0 Å². The van der Waals surface area contributed by atoms with Gasteiger partial charge in [0.05, 0.1) is 5.69 Å². The standard InChI is InChI=1S/C17H24N4O2/c1-19-7-5-14(12-16(19)22)17(23)21-10-8-20(9-11-21)13-15-4-2-3-6-18-15/h2-4,6,14H,5,7-13H2,1H3/t14-/m1/s1. The van der Waals surface area contributed by atoms with Gasteiger partial charge < -0.3 is 9.80 Å². The monoisotopic (exact) mass is 316 g/mol. The summed E-state index contributed by atoms with van der Waals surface area (Å²) >= 11 is 0. The van der Waals surface area contributed by atoms with E-state index in [-0.39, 0.29) is 17.7 Å². The molecule has 2 amide bonds. The number of hydrogen-bond donors (Lipinski definition) is 0. The minimum Gasteiger partial charge on any atom is -0.346 e. The Morgan fingerprint density at radius 3 is 2.65 bits per heavy atom. The fourth-order valence-corrected chi connectivity index (χ4v) is 3.26. The van der Waals surface area contributed by atoms with Crippen molar-refractivity contribution < 1.29 is 9.59 Å². The summed E-state index contributed by atoms with van der Waals surface area (Å²) in [5.74, 6) is 0.119. The van der Waals surface area contributed by atoms with Crippen molar-refractivity contribution in [3.8, 4) is 0 Å². The molecular weight excluding hydrogens is 292 g/mol. The molecule has 3 heterocycles. The molecule has 124 valence electrons. The molecule has 0 radical (unpaired) electrons. The van der Waals surface area contributed by atoms with Crippen molar-refractivity contribution >= 4 is 11.8 Å². The van der Waals surface area contributed by atoms with E-state index in [0.717, 1.165) is 44.8 Å². The average Bonchev–Trinajstić information content (AvgIpc) is 2.58. The van der Waals surface area contributed by atoms with Gasteiger partial charge >= 0.3 is 0 Å². The Bertz CT molecular complexity index is 555. The number of likely N-dealkylation sites (tertiary alicyclic amines) is 1. The van der Waals surface area contributed by atoms with E-state index in [4.69, 9.17) is 0 Å². The zero-order valence-corrected chi connectivity index (χ0v) is 13.6. The van der Waals surface area contributed by atoms with E-state index in [9.17, 15) is 9.59 Å². The van der Waals surface area contributed by atoms with Crippen LogP contribution in [0.25, 0.3) is 0 Å². The number of rotatable bonds is 3. The molecule has 6 nitrogen and oxygen atoms in total. The first-order valence-electron chi connectivity index (χ1n) is 8.28. The van der Waals surface area contributed by atoms with Gasteiger partial charge in [0.15, 0.2) is 0 Å². The highest BCUT2D eigenvalue weighted by Gasteiger charge is 2.32.